The van der Waals surface area contributed by atoms with E-state index in [2.05, 4.69) is 18.3 Å². The Bertz CT molecular complexity index is 468. The largest absolute Gasteiger partial charge is 0.325 e. The van der Waals surface area contributed by atoms with Crippen LogP contribution in [0.1, 0.15) is 56.5 Å². The Morgan fingerprint density at radius 1 is 1.39 bits per heavy atom. The monoisotopic (exact) mass is 265 g/mol. The quantitative estimate of drug-likeness (QED) is 0.804. The first kappa shape index (κ1) is 13.4. The number of unbranched alkanes of at least 4 members (excludes halogenated alkanes) is 1. The molecule has 0 spiro atoms. The van der Waals surface area contributed by atoms with Crippen LogP contribution in [-0.2, 0) is 10.2 Å². The molecular weight excluding hydrogens is 246 g/mol. The van der Waals surface area contributed by atoms with Crippen LogP contribution in [0.25, 0.3) is 0 Å². The molecule has 0 radical (unpaired) electrons. The molecule has 1 unspecified atom stereocenters. The fraction of sp³-hybridized carbons (Fsp3) is 0.533. The van der Waals surface area contributed by atoms with Crippen molar-refractivity contribution in [2.75, 3.05) is 5.32 Å². The number of halogens is 1. The molecule has 2 rings (SSSR count). The van der Waals surface area contributed by atoms with E-state index in [1.54, 1.807) is 0 Å². The number of carbonyl (C=O) groups is 1. The standard InChI is InChI=1S/C15H20ClNO/c1-4-5-6-12(16)10-7-8-13-11(9-10)15(2,3)14(18)17-13/h7-9,12H,4-6H2,1-3H3,(H,17,18). The zero-order chi connectivity index (χ0) is 13.3. The lowest BCUT2D eigenvalue weighted by molar-refractivity contribution is -0.119. The second-order valence-corrected chi connectivity index (χ2v) is 6.02. The van der Waals surface area contributed by atoms with Crippen LogP contribution >= 0.6 is 11.6 Å². The number of amides is 1. The lowest BCUT2D eigenvalue weighted by Crippen LogP contribution is -2.26. The highest BCUT2D eigenvalue weighted by Gasteiger charge is 2.38. The van der Waals surface area contributed by atoms with Gasteiger partial charge in [0.15, 0.2) is 0 Å². The van der Waals surface area contributed by atoms with Crippen molar-refractivity contribution >= 4 is 23.2 Å². The second-order valence-electron chi connectivity index (χ2n) is 5.49. The summed E-state index contributed by atoms with van der Waals surface area (Å²) >= 11 is 6.41. The Balaban J connectivity index is 2.28. The molecule has 3 heteroatoms. The van der Waals surface area contributed by atoms with Crippen molar-refractivity contribution < 1.29 is 4.79 Å². The van der Waals surface area contributed by atoms with Gasteiger partial charge < -0.3 is 5.32 Å². The highest BCUT2D eigenvalue weighted by atomic mass is 35.5. The van der Waals surface area contributed by atoms with Crippen LogP contribution in [0.2, 0.25) is 0 Å². The maximum Gasteiger partial charge on any atom is 0.234 e. The van der Waals surface area contributed by atoms with Gasteiger partial charge in [0.1, 0.15) is 0 Å². The Morgan fingerprint density at radius 3 is 2.78 bits per heavy atom. The van der Waals surface area contributed by atoms with E-state index in [0.29, 0.717) is 0 Å². The molecule has 1 heterocycles. The highest BCUT2D eigenvalue weighted by molar-refractivity contribution is 6.20. The summed E-state index contributed by atoms with van der Waals surface area (Å²) in [5.74, 6) is 0.0642. The van der Waals surface area contributed by atoms with Gasteiger partial charge in [-0.3, -0.25) is 4.79 Å². The second kappa shape index (κ2) is 4.93. The van der Waals surface area contributed by atoms with Gasteiger partial charge >= 0.3 is 0 Å². The Hall–Kier alpha value is -1.02. The molecule has 0 fully saturated rings. The van der Waals surface area contributed by atoms with Gasteiger partial charge in [-0.1, -0.05) is 31.9 Å². The van der Waals surface area contributed by atoms with Gasteiger partial charge in [-0.2, -0.15) is 0 Å². The van der Waals surface area contributed by atoms with E-state index in [1.165, 1.54) is 0 Å². The third-order valence-electron chi connectivity index (χ3n) is 3.71. The number of hydrogen-bond acceptors (Lipinski definition) is 1. The maximum atomic E-state index is 11.9. The average Bonchev–Trinajstić information content (AvgIpc) is 2.57. The summed E-state index contributed by atoms with van der Waals surface area (Å²) in [6.45, 7) is 6.07. The molecule has 1 aliphatic heterocycles. The molecule has 0 aromatic heterocycles. The number of alkyl halides is 1. The van der Waals surface area contributed by atoms with E-state index in [-0.39, 0.29) is 11.3 Å². The zero-order valence-corrected chi connectivity index (χ0v) is 12.0. The number of hydrogen-bond donors (Lipinski definition) is 1. The van der Waals surface area contributed by atoms with E-state index in [9.17, 15) is 4.79 Å². The van der Waals surface area contributed by atoms with E-state index in [1.807, 2.05) is 26.0 Å². The van der Waals surface area contributed by atoms with E-state index >= 15 is 0 Å². The number of benzene rings is 1. The van der Waals surface area contributed by atoms with Crippen LogP contribution in [-0.4, -0.2) is 5.91 Å². The van der Waals surface area contributed by atoms with Gasteiger partial charge in [0, 0.05) is 5.69 Å². The predicted molar refractivity (Wildman–Crippen MR) is 76.2 cm³/mol. The first-order chi connectivity index (χ1) is 8.46. The number of carbonyl (C=O) groups excluding carboxylic acids is 1. The third kappa shape index (κ3) is 2.26. The van der Waals surface area contributed by atoms with Crippen LogP contribution in [0.15, 0.2) is 18.2 Å². The summed E-state index contributed by atoms with van der Waals surface area (Å²) < 4.78 is 0. The molecule has 1 N–H and O–H groups in total. The van der Waals surface area contributed by atoms with Crippen molar-refractivity contribution in [3.8, 4) is 0 Å². The minimum Gasteiger partial charge on any atom is -0.325 e. The van der Waals surface area contributed by atoms with Gasteiger partial charge in [-0.15, -0.1) is 11.6 Å². The fourth-order valence-corrected chi connectivity index (χ4v) is 2.62. The summed E-state index contributed by atoms with van der Waals surface area (Å²) in [6.07, 6.45) is 3.27. The lowest BCUT2D eigenvalue weighted by atomic mass is 9.85. The molecule has 1 aliphatic rings. The highest BCUT2D eigenvalue weighted by Crippen LogP contribution is 2.40. The molecule has 1 aromatic carbocycles. The molecule has 0 saturated heterocycles. The van der Waals surface area contributed by atoms with Gasteiger partial charge in [0.2, 0.25) is 5.91 Å². The van der Waals surface area contributed by atoms with Gasteiger partial charge in [0.05, 0.1) is 10.8 Å². The average molecular weight is 266 g/mol. The van der Waals surface area contributed by atoms with E-state index < -0.39 is 5.41 Å². The van der Waals surface area contributed by atoms with E-state index in [4.69, 9.17) is 11.6 Å². The maximum absolute atomic E-state index is 11.9. The summed E-state index contributed by atoms with van der Waals surface area (Å²) in [7, 11) is 0. The molecule has 98 valence electrons. The van der Waals surface area contributed by atoms with Crippen LogP contribution < -0.4 is 5.32 Å². The Morgan fingerprint density at radius 2 is 2.11 bits per heavy atom. The van der Waals surface area contributed by atoms with Crippen LogP contribution in [0.3, 0.4) is 0 Å². The van der Waals surface area contributed by atoms with Gasteiger partial charge in [-0.25, -0.2) is 0 Å². The van der Waals surface area contributed by atoms with Crippen molar-refractivity contribution in [2.45, 2.75) is 50.8 Å². The topological polar surface area (TPSA) is 29.1 Å². The first-order valence-corrected chi connectivity index (χ1v) is 7.00. The Labute approximate surface area is 114 Å². The minimum atomic E-state index is -0.452. The fourth-order valence-electron chi connectivity index (χ4n) is 2.33. The summed E-state index contributed by atoms with van der Waals surface area (Å²) in [5, 5.41) is 2.96. The van der Waals surface area contributed by atoms with Crippen molar-refractivity contribution in [3.63, 3.8) is 0 Å². The van der Waals surface area contributed by atoms with Crippen molar-refractivity contribution in [1.82, 2.24) is 0 Å². The summed E-state index contributed by atoms with van der Waals surface area (Å²) in [6, 6.07) is 6.08. The SMILES string of the molecule is CCCCC(Cl)c1ccc2c(c1)C(C)(C)C(=O)N2. The number of anilines is 1. The summed E-state index contributed by atoms with van der Waals surface area (Å²) in [4.78, 5) is 11.9. The van der Waals surface area contributed by atoms with Crippen LogP contribution in [0.4, 0.5) is 5.69 Å². The van der Waals surface area contributed by atoms with Crippen LogP contribution in [0.5, 0.6) is 0 Å². The van der Waals surface area contributed by atoms with Crippen molar-refractivity contribution in [3.05, 3.63) is 29.3 Å². The van der Waals surface area contributed by atoms with Crippen LogP contribution in [0, 0.1) is 0 Å². The normalized spacial score (nSPS) is 18.3. The smallest absolute Gasteiger partial charge is 0.234 e. The molecule has 1 atom stereocenters. The zero-order valence-electron chi connectivity index (χ0n) is 11.2. The molecule has 0 saturated carbocycles. The third-order valence-corrected chi connectivity index (χ3v) is 4.18. The molecule has 1 amide bonds. The number of fused-ring (bicyclic) bond motifs is 1. The first-order valence-electron chi connectivity index (χ1n) is 6.56. The molecule has 0 bridgehead atoms. The number of rotatable bonds is 4. The number of nitrogens with one attached hydrogen (secondary N) is 1. The molecular formula is C15H20ClNO. The lowest BCUT2D eigenvalue weighted by Gasteiger charge is -2.17. The van der Waals surface area contributed by atoms with Gasteiger partial charge in [0.25, 0.3) is 0 Å². The molecule has 18 heavy (non-hydrogen) atoms. The predicted octanol–water partition coefficient (Wildman–Crippen LogP) is 4.39. The van der Waals surface area contributed by atoms with Gasteiger partial charge in [-0.05, 0) is 37.5 Å². The molecule has 2 nitrogen and oxygen atoms in total. The van der Waals surface area contributed by atoms with E-state index in [0.717, 1.165) is 36.1 Å². The molecule has 0 aliphatic carbocycles. The summed E-state index contributed by atoms with van der Waals surface area (Å²) in [5.41, 5.74) is 2.65. The molecule has 1 aromatic rings. The van der Waals surface area contributed by atoms with Crippen molar-refractivity contribution in [1.29, 1.82) is 0 Å². The van der Waals surface area contributed by atoms with Crippen molar-refractivity contribution in [2.24, 2.45) is 0 Å². The minimum absolute atomic E-state index is 0.0433. The Kier molecular flexibility index (Phi) is 3.67.